The van der Waals surface area contributed by atoms with Crippen molar-refractivity contribution in [2.75, 3.05) is 11.4 Å². The lowest BCUT2D eigenvalue weighted by Gasteiger charge is -2.40. The number of alkyl halides is 6. The predicted molar refractivity (Wildman–Crippen MR) is 132 cm³/mol. The molecule has 2 bridgehead atoms. The van der Waals surface area contributed by atoms with Crippen molar-refractivity contribution in [2.45, 2.75) is 75.6 Å². The van der Waals surface area contributed by atoms with Gasteiger partial charge in [-0.05, 0) is 57.7 Å². The molecule has 218 valence electrons. The Morgan fingerprint density at radius 2 is 1.70 bits per heavy atom. The number of aromatic nitrogens is 2. The maximum absolute atomic E-state index is 13.1. The van der Waals surface area contributed by atoms with Crippen LogP contribution in [0.5, 0.6) is 5.88 Å². The Hall–Kier alpha value is -3.29. The number of halogens is 7. The maximum atomic E-state index is 13.1. The first-order valence-corrected chi connectivity index (χ1v) is 12.7. The van der Waals surface area contributed by atoms with E-state index in [1.807, 2.05) is 0 Å². The van der Waals surface area contributed by atoms with Gasteiger partial charge in [-0.1, -0.05) is 11.6 Å². The van der Waals surface area contributed by atoms with Gasteiger partial charge in [-0.15, -0.1) is 0 Å². The van der Waals surface area contributed by atoms with Gasteiger partial charge in [-0.25, -0.2) is 9.97 Å². The summed E-state index contributed by atoms with van der Waals surface area (Å²) in [4.78, 5) is 35.0. The Morgan fingerprint density at radius 3 is 2.23 bits per heavy atom. The Bertz CT molecular complexity index is 1240. The first-order valence-electron chi connectivity index (χ1n) is 12.4. The number of ether oxygens (including phenoxy) is 1. The Balaban J connectivity index is 1.35. The fourth-order valence-corrected chi connectivity index (χ4v) is 5.13. The highest BCUT2D eigenvalue weighted by Gasteiger charge is 2.43. The van der Waals surface area contributed by atoms with Gasteiger partial charge in [0.25, 0.3) is 11.8 Å². The molecule has 0 aromatic carbocycles. The number of anilines is 1. The highest BCUT2D eigenvalue weighted by atomic mass is 35.5. The van der Waals surface area contributed by atoms with Crippen molar-refractivity contribution >= 4 is 29.2 Å². The summed E-state index contributed by atoms with van der Waals surface area (Å²) < 4.78 is 81.3. The summed E-state index contributed by atoms with van der Waals surface area (Å²) in [6.45, 7) is 1.48. The topological polar surface area (TPSA) is 96.5 Å². The van der Waals surface area contributed by atoms with E-state index in [9.17, 15) is 35.9 Å². The van der Waals surface area contributed by atoms with E-state index in [4.69, 9.17) is 16.3 Å². The van der Waals surface area contributed by atoms with Crippen molar-refractivity contribution in [1.82, 2.24) is 20.6 Å². The van der Waals surface area contributed by atoms with Crippen LogP contribution in [-0.2, 0) is 11.0 Å². The molecule has 2 atom stereocenters. The van der Waals surface area contributed by atoms with Gasteiger partial charge in [0.05, 0.1) is 11.1 Å². The van der Waals surface area contributed by atoms with Gasteiger partial charge in [0.2, 0.25) is 5.88 Å². The molecule has 2 aromatic heterocycles. The van der Waals surface area contributed by atoms with E-state index in [0.29, 0.717) is 30.9 Å². The van der Waals surface area contributed by atoms with Gasteiger partial charge in [-0.3, -0.25) is 9.59 Å². The third-order valence-electron chi connectivity index (χ3n) is 6.83. The van der Waals surface area contributed by atoms with Crippen molar-refractivity contribution in [1.29, 1.82) is 0 Å². The highest BCUT2D eigenvalue weighted by Crippen LogP contribution is 2.39. The van der Waals surface area contributed by atoms with E-state index < -0.39 is 41.9 Å². The third kappa shape index (κ3) is 6.88. The molecule has 40 heavy (non-hydrogen) atoms. The fraction of sp³-hybridized carbons (Fsp3) is 0.520. The molecule has 2 saturated heterocycles. The van der Waals surface area contributed by atoms with Crippen molar-refractivity contribution < 1.29 is 40.7 Å². The second-order valence-corrected chi connectivity index (χ2v) is 10.7. The molecule has 2 aliphatic rings. The number of piperidine rings is 1. The van der Waals surface area contributed by atoms with Gasteiger partial charge in [0, 0.05) is 30.5 Å². The monoisotopic (exact) mass is 593 g/mol. The van der Waals surface area contributed by atoms with E-state index in [1.54, 1.807) is 11.4 Å². The second kappa shape index (κ2) is 10.9. The van der Waals surface area contributed by atoms with Gasteiger partial charge in [0.1, 0.15) is 17.4 Å². The number of hydrogen-bond donors (Lipinski definition) is 2. The Labute approximate surface area is 230 Å². The first-order chi connectivity index (χ1) is 18.5. The highest BCUT2D eigenvalue weighted by molar-refractivity contribution is 6.31. The summed E-state index contributed by atoms with van der Waals surface area (Å²) in [5, 5.41) is 4.38. The minimum atomic E-state index is -4.63. The smallest absolute Gasteiger partial charge is 0.417 e. The number of carbonyl (C=O) groups is 2. The van der Waals surface area contributed by atoms with Crippen LogP contribution in [0.3, 0.4) is 0 Å². The third-order valence-corrected chi connectivity index (χ3v) is 7.10. The number of carbonyl (C=O) groups excluding carboxylic acids is 2. The molecule has 0 radical (unpaired) electrons. The van der Waals surface area contributed by atoms with Crippen molar-refractivity contribution in [3.8, 4) is 5.88 Å². The van der Waals surface area contributed by atoms with Crippen LogP contribution in [0.2, 0.25) is 5.02 Å². The molecule has 2 aliphatic heterocycles. The van der Waals surface area contributed by atoms with Crippen LogP contribution in [0, 0.1) is 0 Å². The number of nitrogens with zero attached hydrogens (tertiary/aromatic N) is 3. The number of rotatable bonds is 7. The molecule has 8 nitrogen and oxygen atoms in total. The number of amides is 2. The molecule has 15 heteroatoms. The number of hydrogen-bond acceptors (Lipinski definition) is 6. The fourth-order valence-electron chi connectivity index (χ4n) is 4.93. The standard InChI is InChI=1S/C25H26ClF6N5O3/c1-23(2,40-21-18(26)7-14(11-34-21)25(30,31)32)22(39)36-15-8-16-4-5-17(9-15)37(16)19-6-3-13(10-33-19)20(38)35-12-24(27,28)29/h3,6-7,10-11,15-17H,4-5,8-9,12H2,1-2H3,(H,35,38)(H,36,39). The minimum Gasteiger partial charge on any atom is -0.460 e. The average Bonchev–Trinajstić information content (AvgIpc) is 3.12. The van der Waals surface area contributed by atoms with E-state index in [1.165, 1.54) is 26.1 Å². The summed E-state index contributed by atoms with van der Waals surface area (Å²) in [5.74, 6) is -1.09. The van der Waals surface area contributed by atoms with E-state index in [2.05, 4.69) is 20.2 Å². The van der Waals surface area contributed by atoms with Crippen LogP contribution >= 0.6 is 11.6 Å². The van der Waals surface area contributed by atoms with E-state index in [-0.39, 0.29) is 34.6 Å². The van der Waals surface area contributed by atoms with Crippen LogP contribution in [0.1, 0.15) is 55.5 Å². The molecule has 2 fully saturated rings. The van der Waals surface area contributed by atoms with Gasteiger partial charge >= 0.3 is 12.4 Å². The average molecular weight is 594 g/mol. The second-order valence-electron chi connectivity index (χ2n) is 10.3. The zero-order valence-electron chi connectivity index (χ0n) is 21.4. The summed E-state index contributed by atoms with van der Waals surface area (Å²) in [6, 6.07) is 3.52. The number of nitrogens with one attached hydrogen (secondary N) is 2. The molecule has 0 spiro atoms. The zero-order chi connectivity index (χ0) is 29.5. The lowest BCUT2D eigenvalue weighted by molar-refractivity contribution is -0.138. The number of fused-ring (bicyclic) bond motifs is 2. The zero-order valence-corrected chi connectivity index (χ0v) is 22.1. The number of pyridine rings is 2. The van der Waals surface area contributed by atoms with Gasteiger partial charge < -0.3 is 20.3 Å². The van der Waals surface area contributed by atoms with Crippen LogP contribution in [0.4, 0.5) is 32.2 Å². The molecule has 2 aromatic rings. The Kier molecular flexibility index (Phi) is 8.12. The van der Waals surface area contributed by atoms with Crippen LogP contribution < -0.4 is 20.3 Å². The molecule has 2 amide bonds. The van der Waals surface area contributed by atoms with Crippen molar-refractivity contribution in [3.63, 3.8) is 0 Å². The molecule has 4 heterocycles. The largest absolute Gasteiger partial charge is 0.460 e. The maximum Gasteiger partial charge on any atom is 0.417 e. The molecule has 0 saturated carbocycles. The van der Waals surface area contributed by atoms with Crippen molar-refractivity contribution in [2.24, 2.45) is 0 Å². The Morgan fingerprint density at radius 1 is 1.05 bits per heavy atom. The molecule has 0 aliphatic carbocycles. The van der Waals surface area contributed by atoms with Crippen LogP contribution in [0.15, 0.2) is 30.6 Å². The summed E-state index contributed by atoms with van der Waals surface area (Å²) >= 11 is 5.92. The first kappa shape index (κ1) is 29.7. The molecule has 2 N–H and O–H groups in total. The van der Waals surface area contributed by atoms with Gasteiger partial charge in [0.15, 0.2) is 5.60 Å². The van der Waals surface area contributed by atoms with Crippen LogP contribution in [-0.4, -0.2) is 58.2 Å². The molecule has 4 rings (SSSR count). The molecular formula is C25H26ClF6N5O3. The summed E-state index contributed by atoms with van der Waals surface area (Å²) in [7, 11) is 0. The van der Waals surface area contributed by atoms with E-state index >= 15 is 0 Å². The van der Waals surface area contributed by atoms with E-state index in [0.717, 1.165) is 12.8 Å². The quantitative estimate of drug-likeness (QED) is 0.443. The van der Waals surface area contributed by atoms with Gasteiger partial charge in [-0.2, -0.15) is 26.3 Å². The summed E-state index contributed by atoms with van der Waals surface area (Å²) in [6.07, 6.45) is -4.52. The normalized spacial score (nSPS) is 21.2. The predicted octanol–water partition coefficient (Wildman–Crippen LogP) is 4.91. The van der Waals surface area contributed by atoms with Crippen molar-refractivity contribution in [3.05, 3.63) is 46.7 Å². The molecular weight excluding hydrogens is 568 g/mol. The SMILES string of the molecule is CC(C)(Oc1ncc(C(F)(F)F)cc1Cl)C(=O)NC1CC2CCC(C1)N2c1ccc(C(=O)NCC(F)(F)F)cn1. The minimum absolute atomic E-state index is 0.00682. The molecule has 2 unspecified atom stereocenters. The lowest BCUT2D eigenvalue weighted by Crippen LogP contribution is -2.55. The lowest BCUT2D eigenvalue weighted by atomic mass is 9.96. The summed E-state index contributed by atoms with van der Waals surface area (Å²) in [5.41, 5.74) is -2.52. The van der Waals surface area contributed by atoms with Crippen LogP contribution in [0.25, 0.3) is 0 Å².